The summed E-state index contributed by atoms with van der Waals surface area (Å²) < 4.78 is 10.3. The third-order valence-corrected chi connectivity index (χ3v) is 2.88. The van der Waals surface area contributed by atoms with Crippen LogP contribution in [-0.2, 0) is 9.47 Å². The van der Waals surface area contributed by atoms with Gasteiger partial charge in [-0.15, -0.1) is 0 Å². The van der Waals surface area contributed by atoms with Crippen LogP contribution in [0, 0.1) is 0 Å². The zero-order chi connectivity index (χ0) is 11.5. The van der Waals surface area contributed by atoms with Gasteiger partial charge in [0.2, 0.25) is 0 Å². The number of carbonyl (C=O) groups excluding carboxylic acids is 1. The van der Waals surface area contributed by atoms with Gasteiger partial charge < -0.3 is 9.47 Å². The molecule has 2 heterocycles. The van der Waals surface area contributed by atoms with E-state index in [-0.39, 0.29) is 16.3 Å². The Morgan fingerprint density at radius 2 is 2.38 bits per heavy atom. The second kappa shape index (κ2) is 4.99. The van der Waals surface area contributed by atoms with Gasteiger partial charge >= 0.3 is 5.97 Å². The van der Waals surface area contributed by atoms with Crippen molar-refractivity contribution in [2.24, 2.45) is 0 Å². The topological polar surface area (TPSA) is 48.4 Å². The molecule has 0 aliphatic carbocycles. The van der Waals surface area contributed by atoms with Crippen molar-refractivity contribution in [3.05, 3.63) is 28.0 Å². The molecule has 1 saturated heterocycles. The largest absolute Gasteiger partial charge is 0.456 e. The van der Waals surface area contributed by atoms with E-state index in [0.717, 1.165) is 6.42 Å². The number of ether oxygens (including phenoxy) is 2. The smallest absolute Gasteiger partial charge is 0.340 e. The fraction of sp³-hybridized carbons (Fsp3) is 0.400. The zero-order valence-corrected chi connectivity index (χ0v) is 9.79. The number of carbonyl (C=O) groups is 1. The van der Waals surface area contributed by atoms with Crippen molar-refractivity contribution in [2.45, 2.75) is 12.5 Å². The number of rotatable bonds is 2. The lowest BCUT2D eigenvalue weighted by molar-refractivity contribution is 0.0270. The molecule has 86 valence electrons. The van der Waals surface area contributed by atoms with Gasteiger partial charge in [0.15, 0.2) is 0 Å². The molecule has 1 aliphatic rings. The summed E-state index contributed by atoms with van der Waals surface area (Å²) >= 11 is 11.4. The average molecular weight is 262 g/mol. The minimum absolute atomic E-state index is 0.169. The van der Waals surface area contributed by atoms with Crippen molar-refractivity contribution >= 4 is 29.2 Å². The summed E-state index contributed by atoms with van der Waals surface area (Å²) in [5, 5.41) is 0.404. The second-order valence-corrected chi connectivity index (χ2v) is 4.15. The second-order valence-electron chi connectivity index (χ2n) is 3.39. The van der Waals surface area contributed by atoms with Gasteiger partial charge in [0.05, 0.1) is 23.8 Å². The minimum Gasteiger partial charge on any atom is -0.456 e. The van der Waals surface area contributed by atoms with Crippen molar-refractivity contribution in [1.82, 2.24) is 4.98 Å². The Bertz CT molecular complexity index is 405. The Balaban J connectivity index is 2.05. The fourth-order valence-electron chi connectivity index (χ4n) is 1.36. The van der Waals surface area contributed by atoms with Gasteiger partial charge in [-0.3, -0.25) is 0 Å². The maximum Gasteiger partial charge on any atom is 0.340 e. The molecule has 1 aromatic rings. The van der Waals surface area contributed by atoms with E-state index in [1.165, 1.54) is 12.3 Å². The maximum atomic E-state index is 11.6. The van der Waals surface area contributed by atoms with Crippen molar-refractivity contribution in [3.8, 4) is 0 Å². The van der Waals surface area contributed by atoms with E-state index in [1.807, 2.05) is 0 Å². The molecule has 1 fully saturated rings. The van der Waals surface area contributed by atoms with Crippen LogP contribution < -0.4 is 0 Å². The molecule has 0 saturated carbocycles. The molecule has 0 bridgehead atoms. The summed E-state index contributed by atoms with van der Waals surface area (Å²) in [7, 11) is 0. The van der Waals surface area contributed by atoms with Crippen molar-refractivity contribution in [1.29, 1.82) is 0 Å². The van der Waals surface area contributed by atoms with E-state index >= 15 is 0 Å². The molecule has 0 radical (unpaired) electrons. The Morgan fingerprint density at radius 3 is 3.00 bits per heavy atom. The highest BCUT2D eigenvalue weighted by molar-refractivity contribution is 6.41. The third-order valence-electron chi connectivity index (χ3n) is 2.19. The van der Waals surface area contributed by atoms with Crippen LogP contribution >= 0.6 is 23.2 Å². The molecule has 0 N–H and O–H groups in total. The molecule has 4 nitrogen and oxygen atoms in total. The van der Waals surface area contributed by atoms with Crippen molar-refractivity contribution in [3.63, 3.8) is 0 Å². The fourth-order valence-corrected chi connectivity index (χ4v) is 1.63. The monoisotopic (exact) mass is 261 g/mol. The van der Waals surface area contributed by atoms with Gasteiger partial charge in [-0.1, -0.05) is 23.2 Å². The molecular formula is C10H9Cl2NO3. The number of hydrogen-bond donors (Lipinski definition) is 0. The molecule has 0 spiro atoms. The van der Waals surface area contributed by atoms with Crippen LogP contribution in [0.25, 0.3) is 0 Å². The normalized spacial score (nSPS) is 19.8. The molecular weight excluding hydrogens is 253 g/mol. The van der Waals surface area contributed by atoms with Crippen LogP contribution in [0.4, 0.5) is 0 Å². The van der Waals surface area contributed by atoms with E-state index < -0.39 is 5.97 Å². The minimum atomic E-state index is -0.457. The highest BCUT2D eigenvalue weighted by atomic mass is 35.5. The van der Waals surface area contributed by atoms with Crippen LogP contribution in [0.2, 0.25) is 10.2 Å². The van der Waals surface area contributed by atoms with Gasteiger partial charge in [0, 0.05) is 12.6 Å². The summed E-state index contributed by atoms with van der Waals surface area (Å²) in [5.41, 5.74) is 0.293. The highest BCUT2D eigenvalue weighted by Crippen LogP contribution is 2.20. The zero-order valence-electron chi connectivity index (χ0n) is 8.28. The van der Waals surface area contributed by atoms with Gasteiger partial charge in [-0.2, -0.15) is 0 Å². The van der Waals surface area contributed by atoms with Crippen LogP contribution in [0.15, 0.2) is 12.3 Å². The van der Waals surface area contributed by atoms with Gasteiger partial charge in [-0.25, -0.2) is 9.78 Å². The molecule has 1 aromatic heterocycles. The standard InChI is InChI=1S/C10H9Cl2NO3/c11-8-3-6(4-13-9(8)12)10(14)16-7-1-2-15-5-7/h3-4,7H,1-2,5H2. The molecule has 1 unspecified atom stereocenters. The van der Waals surface area contributed by atoms with Crippen LogP contribution in [0.3, 0.4) is 0 Å². The SMILES string of the molecule is O=C(OC1CCOC1)c1cnc(Cl)c(Cl)c1. The molecule has 16 heavy (non-hydrogen) atoms. The predicted molar refractivity (Wildman–Crippen MR) is 58.9 cm³/mol. The van der Waals surface area contributed by atoms with E-state index in [1.54, 1.807) is 0 Å². The molecule has 0 amide bonds. The average Bonchev–Trinajstić information content (AvgIpc) is 2.74. The van der Waals surface area contributed by atoms with Crippen molar-refractivity contribution < 1.29 is 14.3 Å². The predicted octanol–water partition coefficient (Wildman–Crippen LogP) is 2.33. The molecule has 6 heteroatoms. The van der Waals surface area contributed by atoms with Gasteiger partial charge in [-0.05, 0) is 6.07 Å². The van der Waals surface area contributed by atoms with Gasteiger partial charge in [0.1, 0.15) is 11.3 Å². The lowest BCUT2D eigenvalue weighted by Gasteiger charge is -2.09. The molecule has 2 rings (SSSR count). The number of nitrogens with zero attached hydrogens (tertiary/aromatic N) is 1. The summed E-state index contributed by atoms with van der Waals surface area (Å²) in [6, 6.07) is 1.44. The number of hydrogen-bond acceptors (Lipinski definition) is 4. The van der Waals surface area contributed by atoms with Crippen LogP contribution in [0.5, 0.6) is 0 Å². The van der Waals surface area contributed by atoms with E-state index in [0.29, 0.717) is 18.8 Å². The summed E-state index contributed by atoms with van der Waals surface area (Å²) in [5.74, 6) is -0.457. The van der Waals surface area contributed by atoms with Crippen molar-refractivity contribution in [2.75, 3.05) is 13.2 Å². The highest BCUT2D eigenvalue weighted by Gasteiger charge is 2.21. The molecule has 1 aliphatic heterocycles. The third kappa shape index (κ3) is 2.64. The van der Waals surface area contributed by atoms with E-state index in [4.69, 9.17) is 32.7 Å². The number of halogens is 2. The summed E-state index contributed by atoms with van der Waals surface area (Å²) in [6.45, 7) is 1.07. The van der Waals surface area contributed by atoms with Crippen LogP contribution in [-0.4, -0.2) is 30.3 Å². The Kier molecular flexibility index (Phi) is 3.63. The Labute approximate surface area is 102 Å². The summed E-state index contributed by atoms with van der Waals surface area (Å²) in [4.78, 5) is 15.4. The Morgan fingerprint density at radius 1 is 1.56 bits per heavy atom. The summed E-state index contributed by atoms with van der Waals surface area (Å²) in [6.07, 6.45) is 1.88. The maximum absolute atomic E-state index is 11.6. The van der Waals surface area contributed by atoms with Crippen LogP contribution in [0.1, 0.15) is 16.8 Å². The quantitative estimate of drug-likeness (QED) is 0.606. The lowest BCUT2D eigenvalue weighted by Crippen LogP contribution is -2.18. The molecule has 0 aromatic carbocycles. The first kappa shape index (κ1) is 11.6. The number of esters is 1. The lowest BCUT2D eigenvalue weighted by atomic mass is 10.3. The first-order chi connectivity index (χ1) is 7.66. The number of pyridine rings is 1. The first-order valence-electron chi connectivity index (χ1n) is 4.76. The Hall–Kier alpha value is -0.840. The first-order valence-corrected chi connectivity index (χ1v) is 5.52. The van der Waals surface area contributed by atoms with Gasteiger partial charge in [0.25, 0.3) is 0 Å². The van der Waals surface area contributed by atoms with E-state index in [2.05, 4.69) is 4.98 Å². The van der Waals surface area contributed by atoms with E-state index in [9.17, 15) is 4.79 Å². The number of aromatic nitrogens is 1. The molecule has 1 atom stereocenters.